The Balaban J connectivity index is 1.48. The molecule has 0 aromatic heterocycles. The van der Waals surface area contributed by atoms with E-state index in [1.807, 2.05) is 60.7 Å². The average molecular weight is 577 g/mol. The van der Waals surface area contributed by atoms with Crippen molar-refractivity contribution < 1.29 is 19.5 Å². The van der Waals surface area contributed by atoms with Gasteiger partial charge in [0.25, 0.3) is 0 Å². The van der Waals surface area contributed by atoms with Crippen LogP contribution in [0.2, 0.25) is 0 Å². The number of carbonyl (C=O) groups is 3. The SMILES string of the molecule is O=C(O)c1cccc(N=CC23c4ccccc4C(c4ccccc42)[C@H]2C(=O)N(c4ccc(Br)cc4)C(=O)[C@H]23)c1. The van der Waals surface area contributed by atoms with Crippen LogP contribution in [0.25, 0.3) is 0 Å². The van der Waals surface area contributed by atoms with E-state index >= 15 is 0 Å². The first-order chi connectivity index (χ1) is 18.9. The van der Waals surface area contributed by atoms with Crippen LogP contribution < -0.4 is 4.90 Å². The quantitative estimate of drug-likeness (QED) is 0.235. The van der Waals surface area contributed by atoms with Crippen LogP contribution in [-0.2, 0) is 15.0 Å². The van der Waals surface area contributed by atoms with Crippen LogP contribution in [0.4, 0.5) is 11.4 Å². The van der Waals surface area contributed by atoms with Gasteiger partial charge in [0.2, 0.25) is 11.8 Å². The predicted octanol–water partition coefficient (Wildman–Crippen LogP) is 6.10. The van der Waals surface area contributed by atoms with E-state index in [1.165, 1.54) is 17.0 Å². The van der Waals surface area contributed by atoms with Gasteiger partial charge in [0, 0.05) is 16.6 Å². The highest BCUT2D eigenvalue weighted by Crippen LogP contribution is 2.63. The fraction of sp³-hybridized carbons (Fsp3) is 0.125. The number of rotatable bonds is 4. The maximum Gasteiger partial charge on any atom is 0.335 e. The number of nitrogens with zero attached hydrogens (tertiary/aromatic N) is 2. The number of benzene rings is 4. The standard InChI is InChI=1S/C32H21BrN2O4/c33-19-12-14-21(15-13-19)35-29(36)27-26-22-8-1-3-10-24(22)32(28(27)30(35)37,25-11-4-2-9-23(25)26)17-34-20-7-5-6-18(16-20)31(38)39/h1-17,26-28H,(H,38,39)/t26?,27-,28+,32?/m1/s1. The van der Waals surface area contributed by atoms with Crippen LogP contribution in [0.15, 0.2) is 107 Å². The summed E-state index contributed by atoms with van der Waals surface area (Å²) in [6, 6.07) is 29.6. The minimum Gasteiger partial charge on any atom is -0.478 e. The van der Waals surface area contributed by atoms with Crippen molar-refractivity contribution in [3.05, 3.63) is 129 Å². The lowest BCUT2D eigenvalue weighted by molar-refractivity contribution is -0.122. The number of aliphatic imine (C=N–C) groups is 1. The number of hydrogen-bond acceptors (Lipinski definition) is 4. The smallest absolute Gasteiger partial charge is 0.335 e. The maximum atomic E-state index is 14.4. The van der Waals surface area contributed by atoms with Crippen LogP contribution in [0.5, 0.6) is 0 Å². The largest absolute Gasteiger partial charge is 0.478 e. The van der Waals surface area contributed by atoms with Crippen molar-refractivity contribution in [2.24, 2.45) is 16.8 Å². The Hall–Kier alpha value is -4.36. The summed E-state index contributed by atoms with van der Waals surface area (Å²) >= 11 is 3.44. The number of hydrogen-bond donors (Lipinski definition) is 1. The molecule has 0 saturated carbocycles. The highest BCUT2D eigenvalue weighted by Gasteiger charge is 2.67. The lowest BCUT2D eigenvalue weighted by Crippen LogP contribution is -2.54. The minimum atomic E-state index is -1.04. The number of carboxylic acid groups (broad SMARTS) is 1. The van der Waals surface area contributed by atoms with Crippen LogP contribution in [-0.4, -0.2) is 29.1 Å². The highest BCUT2D eigenvalue weighted by atomic mass is 79.9. The molecule has 190 valence electrons. The average Bonchev–Trinajstić information content (AvgIpc) is 3.23. The van der Waals surface area contributed by atoms with E-state index < -0.39 is 23.2 Å². The first-order valence-corrected chi connectivity index (χ1v) is 13.4. The van der Waals surface area contributed by atoms with E-state index in [-0.39, 0.29) is 23.3 Å². The molecule has 1 aliphatic heterocycles. The molecule has 4 aromatic carbocycles. The van der Waals surface area contributed by atoms with Crippen molar-refractivity contribution in [3.8, 4) is 0 Å². The third kappa shape index (κ3) is 3.26. The molecule has 0 spiro atoms. The third-order valence-electron chi connectivity index (χ3n) is 8.28. The van der Waals surface area contributed by atoms with Gasteiger partial charge < -0.3 is 5.11 Å². The molecule has 2 bridgehead atoms. The predicted molar refractivity (Wildman–Crippen MR) is 151 cm³/mol. The number of halogens is 1. The van der Waals surface area contributed by atoms with E-state index in [2.05, 4.69) is 15.9 Å². The molecule has 1 N–H and O–H groups in total. The summed E-state index contributed by atoms with van der Waals surface area (Å²) in [5.41, 5.74) is 4.05. The molecule has 0 radical (unpaired) electrons. The van der Waals surface area contributed by atoms with E-state index in [0.717, 1.165) is 26.7 Å². The van der Waals surface area contributed by atoms with Gasteiger partial charge in [-0.25, -0.2) is 9.69 Å². The molecule has 2 atom stereocenters. The second kappa shape index (κ2) is 8.58. The Bertz CT molecular complexity index is 1680. The van der Waals surface area contributed by atoms with Gasteiger partial charge in [0.1, 0.15) is 0 Å². The van der Waals surface area contributed by atoms with E-state index in [1.54, 1.807) is 30.5 Å². The van der Waals surface area contributed by atoms with Crippen molar-refractivity contribution in [2.75, 3.05) is 4.90 Å². The number of amides is 2. The first-order valence-electron chi connectivity index (χ1n) is 12.6. The molecule has 4 aliphatic rings. The molecule has 1 saturated heterocycles. The Kier molecular flexibility index (Phi) is 5.22. The number of anilines is 1. The lowest BCUT2D eigenvalue weighted by atomic mass is 9.47. The lowest BCUT2D eigenvalue weighted by Gasteiger charge is -2.52. The Morgan fingerprint density at radius 1 is 0.846 bits per heavy atom. The van der Waals surface area contributed by atoms with Crippen molar-refractivity contribution in [2.45, 2.75) is 11.3 Å². The Morgan fingerprint density at radius 2 is 1.49 bits per heavy atom. The zero-order valence-corrected chi connectivity index (χ0v) is 22.1. The topological polar surface area (TPSA) is 87.0 Å². The number of aromatic carboxylic acids is 1. The Labute approximate surface area is 232 Å². The summed E-state index contributed by atoms with van der Waals surface area (Å²) in [4.78, 5) is 46.2. The molecule has 0 unspecified atom stereocenters. The third-order valence-corrected chi connectivity index (χ3v) is 8.81. The molecule has 2 amide bonds. The van der Waals surface area contributed by atoms with Crippen LogP contribution in [0, 0.1) is 11.8 Å². The zero-order chi connectivity index (χ0) is 26.9. The minimum absolute atomic E-state index is 0.127. The molecule has 39 heavy (non-hydrogen) atoms. The van der Waals surface area contributed by atoms with Gasteiger partial charge in [-0.2, -0.15) is 0 Å². The summed E-state index contributed by atoms with van der Waals surface area (Å²) in [5.74, 6) is -3.07. The Morgan fingerprint density at radius 3 is 2.13 bits per heavy atom. The number of carbonyl (C=O) groups excluding carboxylic acids is 2. The summed E-state index contributed by atoms with van der Waals surface area (Å²) < 4.78 is 0.856. The monoisotopic (exact) mass is 576 g/mol. The first kappa shape index (κ1) is 23.7. The van der Waals surface area contributed by atoms with Gasteiger partial charge >= 0.3 is 5.97 Å². The second-order valence-electron chi connectivity index (χ2n) is 10.1. The van der Waals surface area contributed by atoms with E-state index in [0.29, 0.717) is 11.4 Å². The van der Waals surface area contributed by atoms with Crippen molar-refractivity contribution in [1.29, 1.82) is 0 Å². The molecule has 8 rings (SSSR count). The van der Waals surface area contributed by atoms with Crippen molar-refractivity contribution >= 4 is 51.3 Å². The van der Waals surface area contributed by atoms with Gasteiger partial charge in [-0.15, -0.1) is 0 Å². The van der Waals surface area contributed by atoms with Crippen LogP contribution >= 0.6 is 15.9 Å². The van der Waals surface area contributed by atoms with E-state index in [9.17, 15) is 19.5 Å². The maximum absolute atomic E-state index is 14.4. The second-order valence-corrected chi connectivity index (χ2v) is 11.0. The normalized spacial score (nSPS) is 24.5. The molecular formula is C32H21BrN2O4. The van der Waals surface area contributed by atoms with E-state index in [4.69, 9.17) is 4.99 Å². The summed E-state index contributed by atoms with van der Waals surface area (Å²) in [7, 11) is 0. The molecule has 4 aromatic rings. The molecule has 3 aliphatic carbocycles. The zero-order valence-electron chi connectivity index (χ0n) is 20.5. The fourth-order valence-corrected chi connectivity index (χ4v) is 7.05. The van der Waals surface area contributed by atoms with Gasteiger partial charge in [0.15, 0.2) is 0 Å². The highest BCUT2D eigenvalue weighted by molar-refractivity contribution is 9.10. The molecule has 6 nitrogen and oxygen atoms in total. The summed E-state index contributed by atoms with van der Waals surface area (Å²) in [6.45, 7) is 0. The van der Waals surface area contributed by atoms with Crippen LogP contribution in [0.1, 0.15) is 38.5 Å². The summed E-state index contributed by atoms with van der Waals surface area (Å²) in [6.07, 6.45) is 1.77. The molecule has 1 heterocycles. The van der Waals surface area contributed by atoms with Gasteiger partial charge in [-0.05, 0) is 64.7 Å². The van der Waals surface area contributed by atoms with Gasteiger partial charge in [-0.3, -0.25) is 14.6 Å². The van der Waals surface area contributed by atoms with Gasteiger partial charge in [-0.1, -0.05) is 70.5 Å². The van der Waals surface area contributed by atoms with Crippen molar-refractivity contribution in [1.82, 2.24) is 0 Å². The number of carboxylic acids is 1. The van der Waals surface area contributed by atoms with Crippen LogP contribution in [0.3, 0.4) is 0 Å². The fourth-order valence-electron chi connectivity index (χ4n) is 6.79. The molecule has 7 heteroatoms. The molecule has 1 fully saturated rings. The summed E-state index contributed by atoms with van der Waals surface area (Å²) in [5, 5.41) is 9.49. The number of imide groups is 1. The van der Waals surface area contributed by atoms with Gasteiger partial charge in [0.05, 0.1) is 34.2 Å². The van der Waals surface area contributed by atoms with Crippen molar-refractivity contribution in [3.63, 3.8) is 0 Å². The molecular weight excluding hydrogens is 556 g/mol.